The molecule has 0 saturated heterocycles. The number of carbonyl (C=O) groups is 2. The molecule has 2 aromatic heterocycles. The van der Waals surface area contributed by atoms with Crippen molar-refractivity contribution in [3.05, 3.63) is 34.3 Å². The minimum absolute atomic E-state index is 0.141. The van der Waals surface area contributed by atoms with Crippen molar-refractivity contribution in [3.63, 3.8) is 0 Å². The second-order valence-corrected chi connectivity index (χ2v) is 6.79. The average Bonchev–Trinajstić information content (AvgIpc) is 3.15. The van der Waals surface area contributed by atoms with E-state index in [1.165, 1.54) is 16.2 Å². The quantitative estimate of drug-likeness (QED) is 0.921. The number of imidazole rings is 1. The number of aliphatic carboxylic acids is 1. The van der Waals surface area contributed by atoms with Gasteiger partial charge in [0.2, 0.25) is 0 Å². The number of carbonyl (C=O) groups excluding carboxylic acids is 1. The summed E-state index contributed by atoms with van der Waals surface area (Å²) in [4.78, 5) is 34.1. The van der Waals surface area contributed by atoms with Crippen LogP contribution in [0.25, 0.3) is 0 Å². The largest absolute Gasteiger partial charge is 0.481 e. The van der Waals surface area contributed by atoms with Crippen LogP contribution < -0.4 is 0 Å². The van der Waals surface area contributed by atoms with Crippen molar-refractivity contribution in [2.45, 2.75) is 32.9 Å². The lowest BCUT2D eigenvalue weighted by Gasteiger charge is -2.31. The average molecular weight is 334 g/mol. The van der Waals surface area contributed by atoms with E-state index in [9.17, 15) is 14.7 Å². The fourth-order valence-corrected chi connectivity index (χ4v) is 3.40. The molecule has 8 heteroatoms. The summed E-state index contributed by atoms with van der Waals surface area (Å²) in [6.45, 7) is 5.32. The highest BCUT2D eigenvalue weighted by Crippen LogP contribution is 2.29. The summed E-state index contributed by atoms with van der Waals surface area (Å²) in [5.41, 5.74) is 3.32. The number of carboxylic acids is 1. The number of fused-ring (bicyclic) bond motifs is 1. The van der Waals surface area contributed by atoms with Gasteiger partial charge in [0, 0.05) is 18.5 Å². The number of hydrogen-bond donors (Lipinski definition) is 1. The van der Waals surface area contributed by atoms with E-state index in [4.69, 9.17) is 0 Å². The van der Waals surface area contributed by atoms with E-state index in [0.29, 0.717) is 36.1 Å². The molecule has 1 atom stereocenters. The molecule has 0 radical (unpaired) electrons. The Bertz CT molecular complexity index is 723. The molecule has 1 aliphatic rings. The summed E-state index contributed by atoms with van der Waals surface area (Å²) in [5, 5.41) is 11.3. The lowest BCUT2D eigenvalue weighted by Crippen LogP contribution is -2.41. The predicted octanol–water partition coefficient (Wildman–Crippen LogP) is 1.82. The molecule has 0 saturated carbocycles. The topological polar surface area (TPSA) is 88.3 Å². The molecule has 7 nitrogen and oxygen atoms in total. The maximum atomic E-state index is 12.5. The summed E-state index contributed by atoms with van der Waals surface area (Å²) in [7, 11) is 0. The molecular formula is C15H18N4O3S. The van der Waals surface area contributed by atoms with Crippen LogP contribution >= 0.6 is 11.3 Å². The molecular weight excluding hydrogens is 316 g/mol. The summed E-state index contributed by atoms with van der Waals surface area (Å²) >= 11 is 1.34. The molecule has 2 aromatic rings. The number of rotatable bonds is 4. The standard InChI is InChI=1S/C15H18N4O3S/c1-9(2)3-19-7-16-11-5-18(4-10(13(11)19)15(21)22)14(20)12-6-23-8-17-12/h6-10H,3-5H2,1-2H3,(H,21,22)/t10-/m1/s1. The molecule has 1 aliphatic heterocycles. The maximum Gasteiger partial charge on any atom is 0.314 e. The summed E-state index contributed by atoms with van der Waals surface area (Å²) in [6.07, 6.45) is 1.68. The van der Waals surface area contributed by atoms with Crippen LogP contribution in [0, 0.1) is 5.92 Å². The highest BCUT2D eigenvalue weighted by Gasteiger charge is 2.36. The monoisotopic (exact) mass is 334 g/mol. The first kappa shape index (κ1) is 15.7. The Labute approximate surface area is 137 Å². The SMILES string of the molecule is CC(C)Cn1cnc2c1[C@H](C(=O)O)CN(C(=O)c1cscn1)C2. The van der Waals surface area contributed by atoms with Gasteiger partial charge in [0.05, 0.1) is 29.8 Å². The van der Waals surface area contributed by atoms with E-state index in [1.807, 2.05) is 4.57 Å². The van der Waals surface area contributed by atoms with Gasteiger partial charge in [-0.15, -0.1) is 11.3 Å². The fourth-order valence-electron chi connectivity index (χ4n) is 2.88. The number of amides is 1. The second kappa shape index (κ2) is 6.11. The van der Waals surface area contributed by atoms with Gasteiger partial charge < -0.3 is 14.6 Å². The van der Waals surface area contributed by atoms with Crippen LogP contribution in [0.15, 0.2) is 17.2 Å². The molecule has 0 fully saturated rings. The van der Waals surface area contributed by atoms with Crippen molar-refractivity contribution in [2.24, 2.45) is 5.92 Å². The molecule has 122 valence electrons. The zero-order valence-corrected chi connectivity index (χ0v) is 13.8. The molecule has 1 amide bonds. The van der Waals surface area contributed by atoms with Gasteiger partial charge in [-0.1, -0.05) is 13.8 Å². The van der Waals surface area contributed by atoms with Gasteiger partial charge in [-0.3, -0.25) is 9.59 Å². The number of hydrogen-bond acceptors (Lipinski definition) is 5. The van der Waals surface area contributed by atoms with Gasteiger partial charge in [0.1, 0.15) is 11.6 Å². The molecule has 0 aliphatic carbocycles. The number of nitrogens with zero attached hydrogens (tertiary/aromatic N) is 4. The Morgan fingerprint density at radius 2 is 2.22 bits per heavy atom. The van der Waals surface area contributed by atoms with Crippen LogP contribution in [0.5, 0.6) is 0 Å². The molecule has 0 spiro atoms. The third kappa shape index (κ3) is 2.98. The molecule has 0 aromatic carbocycles. The predicted molar refractivity (Wildman–Crippen MR) is 84.3 cm³/mol. The number of thiazole rings is 1. The van der Waals surface area contributed by atoms with Crippen molar-refractivity contribution in [1.29, 1.82) is 0 Å². The minimum atomic E-state index is -0.937. The summed E-state index contributed by atoms with van der Waals surface area (Å²) in [6, 6.07) is 0. The highest BCUT2D eigenvalue weighted by atomic mass is 32.1. The third-order valence-corrected chi connectivity index (χ3v) is 4.42. The van der Waals surface area contributed by atoms with E-state index in [2.05, 4.69) is 23.8 Å². The van der Waals surface area contributed by atoms with E-state index < -0.39 is 11.9 Å². The van der Waals surface area contributed by atoms with Crippen LogP contribution in [0.1, 0.15) is 41.6 Å². The van der Waals surface area contributed by atoms with E-state index in [1.54, 1.807) is 17.2 Å². The van der Waals surface area contributed by atoms with Crippen molar-refractivity contribution in [1.82, 2.24) is 19.4 Å². The Morgan fingerprint density at radius 1 is 1.43 bits per heavy atom. The van der Waals surface area contributed by atoms with Crippen molar-refractivity contribution >= 4 is 23.2 Å². The molecule has 0 bridgehead atoms. The molecule has 3 heterocycles. The van der Waals surface area contributed by atoms with Crippen molar-refractivity contribution in [3.8, 4) is 0 Å². The Hall–Kier alpha value is -2.22. The first-order valence-corrected chi connectivity index (χ1v) is 8.35. The van der Waals surface area contributed by atoms with Gasteiger partial charge in [0.25, 0.3) is 5.91 Å². The second-order valence-electron chi connectivity index (χ2n) is 6.07. The lowest BCUT2D eigenvalue weighted by molar-refractivity contribution is -0.139. The van der Waals surface area contributed by atoms with Gasteiger partial charge in [-0.05, 0) is 5.92 Å². The first-order valence-electron chi connectivity index (χ1n) is 7.41. The molecule has 0 unspecified atom stereocenters. The summed E-state index contributed by atoms with van der Waals surface area (Å²) < 4.78 is 1.91. The van der Waals surface area contributed by atoms with Crippen LogP contribution in [0.4, 0.5) is 0 Å². The van der Waals surface area contributed by atoms with Crippen molar-refractivity contribution in [2.75, 3.05) is 6.54 Å². The van der Waals surface area contributed by atoms with Crippen LogP contribution in [-0.4, -0.2) is 43.0 Å². The van der Waals surface area contributed by atoms with Gasteiger partial charge in [0.15, 0.2) is 0 Å². The smallest absolute Gasteiger partial charge is 0.314 e. The van der Waals surface area contributed by atoms with Crippen LogP contribution in [0.3, 0.4) is 0 Å². The van der Waals surface area contributed by atoms with Crippen LogP contribution in [0.2, 0.25) is 0 Å². The molecule has 23 heavy (non-hydrogen) atoms. The first-order chi connectivity index (χ1) is 11.0. The Morgan fingerprint density at radius 3 is 2.83 bits per heavy atom. The Balaban J connectivity index is 1.93. The Kier molecular flexibility index (Phi) is 4.16. The van der Waals surface area contributed by atoms with Gasteiger partial charge in [-0.25, -0.2) is 9.97 Å². The maximum absolute atomic E-state index is 12.5. The number of carboxylic acid groups (broad SMARTS) is 1. The minimum Gasteiger partial charge on any atom is -0.481 e. The normalized spacial score (nSPS) is 17.3. The highest BCUT2D eigenvalue weighted by molar-refractivity contribution is 7.07. The van der Waals surface area contributed by atoms with E-state index >= 15 is 0 Å². The van der Waals surface area contributed by atoms with Gasteiger partial charge >= 0.3 is 5.97 Å². The van der Waals surface area contributed by atoms with E-state index in [0.717, 1.165) is 0 Å². The number of aromatic nitrogens is 3. The van der Waals surface area contributed by atoms with Crippen molar-refractivity contribution < 1.29 is 14.7 Å². The fraction of sp³-hybridized carbons (Fsp3) is 0.467. The summed E-state index contributed by atoms with van der Waals surface area (Å²) in [5.74, 6) is -1.56. The zero-order valence-electron chi connectivity index (χ0n) is 13.0. The molecule has 3 rings (SSSR count). The van der Waals surface area contributed by atoms with Crippen LogP contribution in [-0.2, 0) is 17.9 Å². The zero-order chi connectivity index (χ0) is 16.6. The third-order valence-electron chi connectivity index (χ3n) is 3.83. The molecule has 1 N–H and O–H groups in total. The van der Waals surface area contributed by atoms with Gasteiger partial charge in [-0.2, -0.15) is 0 Å². The lowest BCUT2D eigenvalue weighted by atomic mass is 9.97. The van der Waals surface area contributed by atoms with E-state index in [-0.39, 0.29) is 12.5 Å².